The van der Waals surface area contributed by atoms with Gasteiger partial charge in [-0.15, -0.1) is 0 Å². The quantitative estimate of drug-likeness (QED) is 0.575. The summed E-state index contributed by atoms with van der Waals surface area (Å²) >= 11 is 0. The number of benzene rings is 2. The highest BCUT2D eigenvalue weighted by molar-refractivity contribution is 7.91. The minimum absolute atomic E-state index is 0.0494. The molecule has 0 heterocycles. The molecule has 0 aliphatic rings. The van der Waals surface area contributed by atoms with Crippen LogP contribution in [0, 0.1) is 5.82 Å². The summed E-state index contributed by atoms with van der Waals surface area (Å²) in [6, 6.07) is 7.44. The smallest absolute Gasteiger partial charge is 0.235 e. The second-order valence-electron chi connectivity index (χ2n) is 6.33. The van der Waals surface area contributed by atoms with Gasteiger partial charge in [0, 0.05) is 12.1 Å². The van der Waals surface area contributed by atoms with Crippen molar-refractivity contribution in [1.29, 1.82) is 0 Å². The highest BCUT2D eigenvalue weighted by Crippen LogP contribution is 2.41. The van der Waals surface area contributed by atoms with E-state index in [1.54, 1.807) is 18.2 Å². The number of rotatable bonds is 10. The standard InChI is InChI=1S/C20H24FNO7S/c1-27-17-9-15(10-18(28-2)20(17)29-3)13-4-5-14(16(21)8-13)11-30(25,26)12-19(24)22-6-7-23/h4-5,8-10,23H,6-7,11-12H2,1-3H3,(H,22,24). The minimum atomic E-state index is -3.88. The van der Waals surface area contributed by atoms with E-state index in [-0.39, 0.29) is 18.7 Å². The van der Waals surface area contributed by atoms with Crippen molar-refractivity contribution in [3.05, 3.63) is 41.7 Å². The Hall–Kier alpha value is -2.85. The molecule has 0 unspecified atom stereocenters. The van der Waals surface area contributed by atoms with Crippen molar-refractivity contribution >= 4 is 15.7 Å². The maximum absolute atomic E-state index is 14.6. The van der Waals surface area contributed by atoms with Gasteiger partial charge in [-0.25, -0.2) is 12.8 Å². The molecule has 2 aromatic rings. The first-order valence-electron chi connectivity index (χ1n) is 8.91. The van der Waals surface area contributed by atoms with E-state index in [2.05, 4.69) is 5.32 Å². The Bertz CT molecular complexity index is 983. The molecule has 10 heteroatoms. The van der Waals surface area contributed by atoms with E-state index < -0.39 is 33.1 Å². The summed E-state index contributed by atoms with van der Waals surface area (Å²) in [7, 11) is 0.516. The van der Waals surface area contributed by atoms with Gasteiger partial charge in [-0.3, -0.25) is 4.79 Å². The van der Waals surface area contributed by atoms with Crippen molar-refractivity contribution in [3.8, 4) is 28.4 Å². The third-order valence-corrected chi connectivity index (χ3v) is 5.66. The van der Waals surface area contributed by atoms with Crippen LogP contribution in [0.25, 0.3) is 11.1 Å². The molecular weight excluding hydrogens is 417 g/mol. The van der Waals surface area contributed by atoms with Crippen molar-refractivity contribution < 1.29 is 36.9 Å². The Labute approximate surface area is 174 Å². The van der Waals surface area contributed by atoms with Gasteiger partial charge in [0.15, 0.2) is 21.3 Å². The molecule has 0 atom stereocenters. The van der Waals surface area contributed by atoms with Gasteiger partial charge in [0.2, 0.25) is 11.7 Å². The first-order chi connectivity index (χ1) is 14.2. The summed E-state index contributed by atoms with van der Waals surface area (Å²) in [6.07, 6.45) is 0. The lowest BCUT2D eigenvalue weighted by atomic mass is 10.0. The summed E-state index contributed by atoms with van der Waals surface area (Å²) < 4.78 is 54.8. The van der Waals surface area contributed by atoms with Gasteiger partial charge in [-0.05, 0) is 29.3 Å². The number of halogens is 1. The van der Waals surface area contributed by atoms with Crippen LogP contribution in [0.5, 0.6) is 17.2 Å². The maximum atomic E-state index is 14.6. The number of aliphatic hydroxyl groups excluding tert-OH is 1. The van der Waals surface area contributed by atoms with Crippen LogP contribution >= 0.6 is 0 Å². The Morgan fingerprint density at radius 3 is 2.17 bits per heavy atom. The van der Waals surface area contributed by atoms with Gasteiger partial charge < -0.3 is 24.6 Å². The topological polar surface area (TPSA) is 111 Å². The molecule has 0 spiro atoms. The monoisotopic (exact) mass is 441 g/mol. The normalized spacial score (nSPS) is 11.1. The van der Waals surface area contributed by atoms with Crippen molar-refractivity contribution in [2.45, 2.75) is 5.75 Å². The van der Waals surface area contributed by atoms with Gasteiger partial charge in [-0.2, -0.15) is 0 Å². The maximum Gasteiger partial charge on any atom is 0.235 e. The predicted octanol–water partition coefficient (Wildman–Crippen LogP) is 1.54. The molecule has 0 radical (unpaired) electrons. The van der Waals surface area contributed by atoms with Gasteiger partial charge in [0.1, 0.15) is 11.6 Å². The molecule has 0 aliphatic heterocycles. The number of hydrogen-bond acceptors (Lipinski definition) is 7. The van der Waals surface area contributed by atoms with Gasteiger partial charge in [-0.1, -0.05) is 12.1 Å². The molecule has 0 aromatic heterocycles. The third kappa shape index (κ3) is 5.83. The number of hydrogen-bond donors (Lipinski definition) is 2. The van der Waals surface area contributed by atoms with Gasteiger partial charge >= 0.3 is 0 Å². The molecule has 2 N–H and O–H groups in total. The molecule has 0 saturated carbocycles. The largest absolute Gasteiger partial charge is 0.493 e. The summed E-state index contributed by atoms with van der Waals surface area (Å²) in [5.74, 6) is -1.70. The second-order valence-corrected chi connectivity index (χ2v) is 8.39. The molecule has 0 fully saturated rings. The number of nitrogens with one attached hydrogen (secondary N) is 1. The molecule has 164 valence electrons. The number of carbonyl (C=O) groups is 1. The zero-order valence-corrected chi connectivity index (χ0v) is 17.7. The molecule has 30 heavy (non-hydrogen) atoms. The first-order valence-corrected chi connectivity index (χ1v) is 10.7. The van der Waals surface area contributed by atoms with Crippen LogP contribution in [0.3, 0.4) is 0 Å². The molecule has 1 amide bonds. The molecule has 0 bridgehead atoms. The molecule has 2 rings (SSSR count). The molecule has 8 nitrogen and oxygen atoms in total. The van der Waals surface area contributed by atoms with Crippen molar-refractivity contribution in [1.82, 2.24) is 5.32 Å². The Morgan fingerprint density at radius 2 is 1.67 bits per heavy atom. The fourth-order valence-corrected chi connectivity index (χ4v) is 4.14. The highest BCUT2D eigenvalue weighted by atomic mass is 32.2. The van der Waals surface area contributed by atoms with Crippen molar-refractivity contribution in [3.63, 3.8) is 0 Å². The van der Waals surface area contributed by atoms with Gasteiger partial charge in [0.05, 0.1) is 33.7 Å². The zero-order chi connectivity index (χ0) is 22.3. The molecule has 2 aromatic carbocycles. The minimum Gasteiger partial charge on any atom is -0.493 e. The summed E-state index contributed by atoms with van der Waals surface area (Å²) in [5.41, 5.74) is 1.01. The van der Waals surface area contributed by atoms with Crippen LogP contribution < -0.4 is 19.5 Å². The summed E-state index contributed by atoms with van der Waals surface area (Å²) in [4.78, 5) is 11.6. The van der Waals surface area contributed by atoms with E-state index in [1.165, 1.54) is 33.5 Å². The summed E-state index contributed by atoms with van der Waals surface area (Å²) in [5, 5.41) is 10.9. The lowest BCUT2D eigenvalue weighted by Crippen LogP contribution is -2.32. The average Bonchev–Trinajstić information content (AvgIpc) is 2.71. The second kappa shape index (κ2) is 10.3. The number of aliphatic hydroxyl groups is 1. The van der Waals surface area contributed by atoms with Crippen LogP contribution in [0.2, 0.25) is 0 Å². The van der Waals surface area contributed by atoms with E-state index >= 15 is 0 Å². The number of methoxy groups -OCH3 is 3. The number of amides is 1. The summed E-state index contributed by atoms with van der Waals surface area (Å²) in [6.45, 7) is -0.352. The van der Waals surface area contributed by atoms with Crippen LogP contribution in [0.1, 0.15) is 5.56 Å². The Balaban J connectivity index is 2.28. The fourth-order valence-electron chi connectivity index (χ4n) is 2.83. The van der Waals surface area contributed by atoms with Crippen molar-refractivity contribution in [2.75, 3.05) is 40.2 Å². The van der Waals surface area contributed by atoms with Crippen molar-refractivity contribution in [2.24, 2.45) is 0 Å². The highest BCUT2D eigenvalue weighted by Gasteiger charge is 2.20. The first kappa shape index (κ1) is 23.4. The number of sulfone groups is 1. The molecular formula is C20H24FNO7S. The van der Waals surface area contributed by atoms with Crippen LogP contribution in [0.4, 0.5) is 4.39 Å². The third-order valence-electron chi connectivity index (χ3n) is 4.21. The van der Waals surface area contributed by atoms with Crippen LogP contribution in [0.15, 0.2) is 30.3 Å². The molecule has 0 saturated heterocycles. The SMILES string of the molecule is COc1cc(-c2ccc(CS(=O)(=O)CC(=O)NCCO)c(F)c2)cc(OC)c1OC. The van der Waals surface area contributed by atoms with E-state index in [1.807, 2.05) is 0 Å². The lowest BCUT2D eigenvalue weighted by molar-refractivity contribution is -0.118. The Kier molecular flexibility index (Phi) is 8.01. The average molecular weight is 441 g/mol. The van der Waals surface area contributed by atoms with E-state index in [4.69, 9.17) is 19.3 Å². The lowest BCUT2D eigenvalue weighted by Gasteiger charge is -2.14. The van der Waals surface area contributed by atoms with Gasteiger partial charge in [0.25, 0.3) is 0 Å². The van der Waals surface area contributed by atoms with E-state index in [9.17, 15) is 17.6 Å². The van der Waals surface area contributed by atoms with E-state index in [0.29, 0.717) is 28.4 Å². The van der Waals surface area contributed by atoms with Crippen LogP contribution in [-0.4, -0.2) is 59.7 Å². The number of carbonyl (C=O) groups excluding carboxylic acids is 1. The predicted molar refractivity (Wildman–Crippen MR) is 109 cm³/mol. The van der Waals surface area contributed by atoms with E-state index in [0.717, 1.165) is 0 Å². The molecule has 0 aliphatic carbocycles. The number of ether oxygens (including phenoxy) is 3. The van der Waals surface area contributed by atoms with Crippen LogP contribution in [-0.2, 0) is 20.4 Å². The zero-order valence-electron chi connectivity index (χ0n) is 16.9. The fraction of sp³-hybridized carbons (Fsp3) is 0.350. The Morgan fingerprint density at radius 1 is 1.03 bits per heavy atom.